The molecule has 46 heavy (non-hydrogen) atoms. The molecule has 1 aliphatic heterocycles. The Hall–Kier alpha value is -5.22. The summed E-state index contributed by atoms with van der Waals surface area (Å²) in [7, 11) is 1.29. The van der Waals surface area contributed by atoms with Crippen molar-refractivity contribution in [2.45, 2.75) is 26.5 Å². The fraction of sp³-hybridized carbons (Fsp3) is 0.194. The largest absolute Gasteiger partial charge is 0.490 e. The van der Waals surface area contributed by atoms with Crippen LogP contribution in [-0.4, -0.2) is 30.9 Å². The van der Waals surface area contributed by atoms with E-state index in [0.29, 0.717) is 56.5 Å². The van der Waals surface area contributed by atoms with Crippen LogP contribution in [0.2, 0.25) is 0 Å². The van der Waals surface area contributed by atoms with Gasteiger partial charge in [-0.1, -0.05) is 65.9 Å². The van der Waals surface area contributed by atoms with Crippen molar-refractivity contribution in [3.05, 3.63) is 133 Å². The van der Waals surface area contributed by atoms with Crippen LogP contribution in [0.15, 0.2) is 100 Å². The third kappa shape index (κ3) is 5.91. The van der Waals surface area contributed by atoms with E-state index in [4.69, 9.17) is 18.9 Å². The van der Waals surface area contributed by atoms with Gasteiger partial charge in [-0.2, -0.15) is 0 Å². The maximum Gasteiger partial charge on any atom is 0.337 e. The number of carbonyl (C=O) groups excluding carboxylic acids is 1. The molecule has 0 saturated carbocycles. The van der Waals surface area contributed by atoms with Gasteiger partial charge in [-0.3, -0.25) is 9.36 Å². The van der Waals surface area contributed by atoms with E-state index in [2.05, 4.69) is 4.99 Å². The Morgan fingerprint density at radius 2 is 1.67 bits per heavy atom. The van der Waals surface area contributed by atoms with Gasteiger partial charge in [0.15, 0.2) is 16.3 Å². The van der Waals surface area contributed by atoms with E-state index in [1.165, 1.54) is 35.3 Å². The predicted molar refractivity (Wildman–Crippen MR) is 175 cm³/mol. The number of nitrogens with zero attached hydrogens (tertiary/aromatic N) is 2. The van der Waals surface area contributed by atoms with Gasteiger partial charge in [0.2, 0.25) is 0 Å². The summed E-state index contributed by atoms with van der Waals surface area (Å²) in [6.07, 6.45) is 3.22. The molecule has 0 aliphatic carbocycles. The summed E-state index contributed by atoms with van der Waals surface area (Å²) in [5.74, 6) is 0.585. The molecule has 0 unspecified atom stereocenters. The van der Waals surface area contributed by atoms with E-state index in [-0.39, 0.29) is 23.6 Å². The number of halogens is 1. The molecular weight excluding hydrogens is 607 g/mol. The topological polar surface area (TPSA) is 88.4 Å². The maximum atomic E-state index is 14.4. The highest BCUT2D eigenvalue weighted by atomic mass is 32.1. The smallest absolute Gasteiger partial charge is 0.337 e. The number of hydrogen-bond donors (Lipinski definition) is 0. The summed E-state index contributed by atoms with van der Waals surface area (Å²) in [6, 6.07) is 22.5. The minimum Gasteiger partial charge on any atom is -0.490 e. The monoisotopic (exact) mass is 638 g/mol. The molecule has 0 spiro atoms. The molecule has 4 aromatic carbocycles. The van der Waals surface area contributed by atoms with E-state index in [9.17, 15) is 14.0 Å². The quantitative estimate of drug-likeness (QED) is 0.183. The molecule has 2 heterocycles. The van der Waals surface area contributed by atoms with Gasteiger partial charge >= 0.3 is 5.97 Å². The average Bonchev–Trinajstić information content (AvgIpc) is 3.39. The number of methoxy groups -OCH3 is 1. The van der Waals surface area contributed by atoms with E-state index in [1.54, 1.807) is 42.5 Å². The molecule has 0 radical (unpaired) electrons. The van der Waals surface area contributed by atoms with Crippen molar-refractivity contribution >= 4 is 34.2 Å². The number of hydrogen-bond acceptors (Lipinski definition) is 8. The molecular formula is C36H31FN2O6S. The standard InChI is InChI=1S/C36H31FN2O6S/c1-4-43-30-17-15-23(18-31(30)44-5-2)33-27(35(41)42-3)20-38-36-39(33)34(40)32(46-36)19-26-25-12-8-6-10-22(25)14-16-29(26)45-21-24-11-7-9-13-28(24)37/h6-20,33H,4-5,21H2,1-3H3/b32-19+/t33-/m1/s1. The van der Waals surface area contributed by atoms with Crippen molar-refractivity contribution in [1.29, 1.82) is 0 Å². The Kier molecular flexibility index (Phi) is 8.98. The molecule has 0 amide bonds. The second kappa shape index (κ2) is 13.4. The van der Waals surface area contributed by atoms with Gasteiger partial charge in [0, 0.05) is 17.3 Å². The van der Waals surface area contributed by atoms with Crippen LogP contribution in [0, 0.1) is 5.82 Å². The summed E-state index contributed by atoms with van der Waals surface area (Å²) in [6.45, 7) is 4.61. The minimum atomic E-state index is -0.829. The minimum absolute atomic E-state index is 0.00942. The summed E-state index contributed by atoms with van der Waals surface area (Å²) < 4.78 is 39.1. The first-order valence-corrected chi connectivity index (χ1v) is 15.6. The van der Waals surface area contributed by atoms with Crippen LogP contribution in [0.25, 0.3) is 16.8 Å². The Bertz CT molecular complexity index is 2150. The number of aromatic nitrogens is 1. The van der Waals surface area contributed by atoms with E-state index in [1.807, 2.05) is 50.2 Å². The van der Waals surface area contributed by atoms with Gasteiger partial charge in [0.1, 0.15) is 18.2 Å². The van der Waals surface area contributed by atoms with Crippen molar-refractivity contribution in [1.82, 2.24) is 4.57 Å². The normalized spacial score (nSPS) is 14.3. The average molecular weight is 639 g/mol. The van der Waals surface area contributed by atoms with Crippen LogP contribution in [-0.2, 0) is 16.1 Å². The fourth-order valence-electron chi connectivity index (χ4n) is 5.44. The first kappa shape index (κ1) is 30.8. The fourth-order valence-corrected chi connectivity index (χ4v) is 6.39. The molecule has 0 fully saturated rings. The highest BCUT2D eigenvalue weighted by Gasteiger charge is 2.31. The Morgan fingerprint density at radius 3 is 2.46 bits per heavy atom. The molecule has 6 rings (SSSR count). The van der Waals surface area contributed by atoms with Crippen LogP contribution < -0.4 is 29.1 Å². The number of benzene rings is 4. The summed E-state index contributed by atoms with van der Waals surface area (Å²) in [5, 5.41) is 1.81. The van der Waals surface area contributed by atoms with Crippen LogP contribution in [0.4, 0.5) is 4.39 Å². The molecule has 0 bridgehead atoms. The summed E-state index contributed by atoms with van der Waals surface area (Å²) in [5.41, 5.74) is 1.57. The van der Waals surface area contributed by atoms with Crippen LogP contribution in [0.5, 0.6) is 17.2 Å². The zero-order valence-electron chi connectivity index (χ0n) is 25.5. The van der Waals surface area contributed by atoms with E-state index >= 15 is 0 Å². The van der Waals surface area contributed by atoms with Crippen LogP contribution >= 0.6 is 11.3 Å². The van der Waals surface area contributed by atoms with Gasteiger partial charge in [-0.05, 0) is 60.5 Å². The number of ether oxygens (including phenoxy) is 4. The number of carbonyl (C=O) groups is 1. The van der Waals surface area contributed by atoms with Crippen molar-refractivity contribution in [3.63, 3.8) is 0 Å². The van der Waals surface area contributed by atoms with Gasteiger partial charge in [-0.25, -0.2) is 14.2 Å². The van der Waals surface area contributed by atoms with E-state index < -0.39 is 12.0 Å². The first-order valence-electron chi connectivity index (χ1n) is 14.8. The lowest BCUT2D eigenvalue weighted by molar-refractivity contribution is -0.136. The summed E-state index contributed by atoms with van der Waals surface area (Å²) >= 11 is 1.20. The molecule has 1 aromatic heterocycles. The van der Waals surface area contributed by atoms with Gasteiger partial charge in [0.25, 0.3) is 5.56 Å². The van der Waals surface area contributed by atoms with Crippen molar-refractivity contribution < 1.29 is 28.1 Å². The highest BCUT2D eigenvalue weighted by Crippen LogP contribution is 2.35. The van der Waals surface area contributed by atoms with E-state index in [0.717, 1.165) is 10.8 Å². The van der Waals surface area contributed by atoms with Crippen molar-refractivity contribution in [2.24, 2.45) is 4.99 Å². The van der Waals surface area contributed by atoms with Gasteiger partial charge < -0.3 is 18.9 Å². The number of esters is 1. The summed E-state index contributed by atoms with van der Waals surface area (Å²) in [4.78, 5) is 32.2. The Labute approximate surface area is 268 Å². The molecule has 10 heteroatoms. The molecule has 1 atom stereocenters. The predicted octanol–water partition coefficient (Wildman–Crippen LogP) is 5.69. The molecule has 0 saturated heterocycles. The lowest BCUT2D eigenvalue weighted by Gasteiger charge is -2.23. The Balaban J connectivity index is 1.51. The zero-order valence-corrected chi connectivity index (χ0v) is 26.3. The molecule has 234 valence electrons. The van der Waals surface area contributed by atoms with Crippen LogP contribution in [0.1, 0.15) is 36.6 Å². The molecule has 8 nitrogen and oxygen atoms in total. The zero-order chi connectivity index (χ0) is 32.2. The first-order chi connectivity index (χ1) is 22.4. The van der Waals surface area contributed by atoms with Gasteiger partial charge in [0.05, 0.1) is 36.5 Å². The third-order valence-electron chi connectivity index (χ3n) is 7.56. The van der Waals surface area contributed by atoms with Crippen molar-refractivity contribution in [2.75, 3.05) is 20.3 Å². The van der Waals surface area contributed by atoms with Crippen LogP contribution in [0.3, 0.4) is 0 Å². The molecule has 0 N–H and O–H groups in total. The lowest BCUT2D eigenvalue weighted by atomic mass is 9.97. The number of fused-ring (bicyclic) bond motifs is 2. The molecule has 5 aromatic rings. The molecule has 1 aliphatic rings. The highest BCUT2D eigenvalue weighted by molar-refractivity contribution is 7.07. The second-order valence-corrected chi connectivity index (χ2v) is 11.3. The third-order valence-corrected chi connectivity index (χ3v) is 8.55. The number of rotatable bonds is 10. The second-order valence-electron chi connectivity index (χ2n) is 10.3. The maximum absolute atomic E-state index is 14.4. The Morgan fingerprint density at radius 1 is 0.935 bits per heavy atom. The van der Waals surface area contributed by atoms with Gasteiger partial charge in [-0.15, -0.1) is 0 Å². The SMILES string of the molecule is CCOc1ccc([C@@H]2C(C(=O)OC)=CN=c3s/c(=C/c4c(OCc5ccccc5F)ccc5ccccc45)c(=O)n32)cc1OCC. The van der Waals surface area contributed by atoms with Crippen molar-refractivity contribution in [3.8, 4) is 17.2 Å². The number of thiazole rings is 1. The lowest BCUT2D eigenvalue weighted by Crippen LogP contribution is -2.39.